The predicted octanol–water partition coefficient (Wildman–Crippen LogP) is 1.97. The van der Waals surface area contributed by atoms with Crippen molar-refractivity contribution in [3.05, 3.63) is 0 Å². The Balaban J connectivity index is 3.44. The first-order valence-corrected chi connectivity index (χ1v) is 6.57. The summed E-state index contributed by atoms with van der Waals surface area (Å²) in [5.41, 5.74) is 0. The van der Waals surface area contributed by atoms with E-state index < -0.39 is 11.1 Å². The standard InChI is InChI=1S/C10H20O4S/c1-3-5-9(2)8-14-10(11)6-4-7-15(12)13/h9H,3-8H2,1-2H3,(H,12,13). The van der Waals surface area contributed by atoms with Crippen LogP contribution in [0.25, 0.3) is 0 Å². The molecular formula is C10H20O4S. The molecule has 0 saturated heterocycles. The summed E-state index contributed by atoms with van der Waals surface area (Å²) in [5.74, 6) is 0.258. The predicted molar refractivity (Wildman–Crippen MR) is 59.9 cm³/mol. The molecule has 0 heterocycles. The summed E-state index contributed by atoms with van der Waals surface area (Å²) in [5, 5.41) is 0. The Morgan fingerprint density at radius 2 is 2.20 bits per heavy atom. The number of hydrogen-bond acceptors (Lipinski definition) is 3. The van der Waals surface area contributed by atoms with Crippen LogP contribution in [0.3, 0.4) is 0 Å². The topological polar surface area (TPSA) is 63.6 Å². The molecule has 2 unspecified atom stereocenters. The zero-order valence-electron chi connectivity index (χ0n) is 9.40. The van der Waals surface area contributed by atoms with Crippen molar-refractivity contribution >= 4 is 17.0 Å². The van der Waals surface area contributed by atoms with Gasteiger partial charge in [-0.25, -0.2) is 4.21 Å². The van der Waals surface area contributed by atoms with Crippen molar-refractivity contribution in [2.75, 3.05) is 12.4 Å². The zero-order chi connectivity index (χ0) is 11.7. The number of carbonyl (C=O) groups is 1. The van der Waals surface area contributed by atoms with Crippen molar-refractivity contribution in [1.29, 1.82) is 0 Å². The Bertz CT molecular complexity index is 206. The lowest BCUT2D eigenvalue weighted by atomic mass is 10.1. The molecular weight excluding hydrogens is 216 g/mol. The van der Waals surface area contributed by atoms with Crippen molar-refractivity contribution in [3.8, 4) is 0 Å². The maximum atomic E-state index is 11.1. The Morgan fingerprint density at radius 1 is 1.53 bits per heavy atom. The summed E-state index contributed by atoms with van der Waals surface area (Å²) >= 11 is -1.81. The fourth-order valence-corrected chi connectivity index (χ4v) is 1.61. The largest absolute Gasteiger partial charge is 0.465 e. The molecule has 0 bridgehead atoms. The molecule has 0 aliphatic rings. The van der Waals surface area contributed by atoms with E-state index in [0.717, 1.165) is 12.8 Å². The molecule has 0 amide bonds. The van der Waals surface area contributed by atoms with E-state index in [0.29, 0.717) is 18.9 Å². The molecule has 0 radical (unpaired) electrons. The molecule has 0 aromatic heterocycles. The van der Waals surface area contributed by atoms with Crippen LogP contribution in [0.5, 0.6) is 0 Å². The number of carbonyl (C=O) groups excluding carboxylic acids is 1. The molecule has 0 fully saturated rings. The number of hydrogen-bond donors (Lipinski definition) is 1. The number of esters is 1. The summed E-state index contributed by atoms with van der Waals surface area (Å²) in [6, 6.07) is 0. The van der Waals surface area contributed by atoms with Crippen molar-refractivity contribution in [2.45, 2.75) is 39.5 Å². The fourth-order valence-electron chi connectivity index (χ4n) is 1.22. The summed E-state index contributed by atoms with van der Waals surface area (Å²) in [6.45, 7) is 4.59. The summed E-state index contributed by atoms with van der Waals surface area (Å²) < 4.78 is 23.8. The minimum atomic E-state index is -1.81. The average Bonchev–Trinajstić information content (AvgIpc) is 2.14. The van der Waals surface area contributed by atoms with Crippen LogP contribution in [-0.4, -0.2) is 27.1 Å². The van der Waals surface area contributed by atoms with Crippen LogP contribution in [0.15, 0.2) is 0 Å². The fraction of sp³-hybridized carbons (Fsp3) is 0.900. The van der Waals surface area contributed by atoms with Gasteiger partial charge >= 0.3 is 5.97 Å². The molecule has 15 heavy (non-hydrogen) atoms. The normalized spacial score (nSPS) is 14.6. The first-order chi connectivity index (χ1) is 7.06. The van der Waals surface area contributed by atoms with E-state index in [2.05, 4.69) is 6.92 Å². The van der Waals surface area contributed by atoms with E-state index in [4.69, 9.17) is 9.29 Å². The minimum absolute atomic E-state index is 0.139. The number of rotatable bonds is 8. The van der Waals surface area contributed by atoms with E-state index in [-0.39, 0.29) is 18.1 Å². The quantitative estimate of drug-likeness (QED) is 0.517. The molecule has 4 nitrogen and oxygen atoms in total. The molecule has 5 heteroatoms. The molecule has 0 saturated carbocycles. The SMILES string of the molecule is CCCC(C)COC(=O)CCCS(=O)O. The third kappa shape index (κ3) is 9.87. The van der Waals surface area contributed by atoms with Gasteiger partial charge in [0.1, 0.15) is 0 Å². The van der Waals surface area contributed by atoms with Gasteiger partial charge in [-0.3, -0.25) is 4.79 Å². The molecule has 2 atom stereocenters. The first kappa shape index (κ1) is 14.6. The summed E-state index contributed by atoms with van der Waals surface area (Å²) in [4.78, 5) is 11.1. The van der Waals surface area contributed by atoms with E-state index in [1.165, 1.54) is 0 Å². The highest BCUT2D eigenvalue weighted by molar-refractivity contribution is 7.79. The second kappa shape index (κ2) is 8.85. The van der Waals surface area contributed by atoms with E-state index >= 15 is 0 Å². The molecule has 1 N–H and O–H groups in total. The van der Waals surface area contributed by atoms with Gasteiger partial charge in [0.05, 0.1) is 6.61 Å². The molecule has 90 valence electrons. The van der Waals surface area contributed by atoms with Crippen LogP contribution < -0.4 is 0 Å². The monoisotopic (exact) mass is 236 g/mol. The van der Waals surface area contributed by atoms with E-state index in [1.54, 1.807) is 0 Å². The van der Waals surface area contributed by atoms with Crippen LogP contribution >= 0.6 is 0 Å². The van der Waals surface area contributed by atoms with E-state index in [1.807, 2.05) is 6.92 Å². The summed E-state index contributed by atoms with van der Waals surface area (Å²) in [7, 11) is 0. The number of ether oxygens (including phenoxy) is 1. The van der Waals surface area contributed by atoms with Crippen LogP contribution in [0.4, 0.5) is 0 Å². The third-order valence-electron chi connectivity index (χ3n) is 2.01. The Kier molecular flexibility index (Phi) is 8.61. The van der Waals surface area contributed by atoms with Crippen molar-refractivity contribution in [3.63, 3.8) is 0 Å². The lowest BCUT2D eigenvalue weighted by Gasteiger charge is -2.10. The second-order valence-electron chi connectivity index (χ2n) is 3.71. The van der Waals surface area contributed by atoms with Crippen LogP contribution in [0.1, 0.15) is 39.5 Å². The average molecular weight is 236 g/mol. The first-order valence-electron chi connectivity index (χ1n) is 5.29. The van der Waals surface area contributed by atoms with Crippen molar-refractivity contribution in [2.24, 2.45) is 5.92 Å². The van der Waals surface area contributed by atoms with Crippen LogP contribution in [0, 0.1) is 5.92 Å². The van der Waals surface area contributed by atoms with Gasteiger partial charge in [0, 0.05) is 12.2 Å². The van der Waals surface area contributed by atoms with Crippen molar-refractivity contribution < 1.29 is 18.3 Å². The van der Waals surface area contributed by atoms with Gasteiger partial charge in [-0.05, 0) is 18.8 Å². The van der Waals surface area contributed by atoms with Crippen LogP contribution in [0.2, 0.25) is 0 Å². The van der Waals surface area contributed by atoms with Gasteiger partial charge in [-0.1, -0.05) is 20.3 Å². The minimum Gasteiger partial charge on any atom is -0.465 e. The molecule has 0 aliphatic carbocycles. The van der Waals surface area contributed by atoms with E-state index in [9.17, 15) is 9.00 Å². The highest BCUT2D eigenvalue weighted by Crippen LogP contribution is 2.06. The van der Waals surface area contributed by atoms with Gasteiger partial charge < -0.3 is 9.29 Å². The van der Waals surface area contributed by atoms with Gasteiger partial charge in [0.25, 0.3) is 0 Å². The van der Waals surface area contributed by atoms with Gasteiger partial charge in [-0.2, -0.15) is 0 Å². The molecule has 0 aromatic rings. The second-order valence-corrected chi connectivity index (χ2v) is 4.76. The Morgan fingerprint density at radius 3 is 2.73 bits per heavy atom. The third-order valence-corrected chi connectivity index (χ3v) is 2.65. The zero-order valence-corrected chi connectivity index (χ0v) is 10.2. The smallest absolute Gasteiger partial charge is 0.305 e. The molecule has 0 aliphatic heterocycles. The summed E-state index contributed by atoms with van der Waals surface area (Å²) in [6.07, 6.45) is 2.77. The molecule has 0 aromatic carbocycles. The lowest BCUT2D eigenvalue weighted by molar-refractivity contribution is -0.144. The van der Waals surface area contributed by atoms with Gasteiger partial charge in [0.2, 0.25) is 0 Å². The highest BCUT2D eigenvalue weighted by Gasteiger charge is 2.07. The Labute approximate surface area is 93.7 Å². The molecule has 0 rings (SSSR count). The molecule has 0 spiro atoms. The lowest BCUT2D eigenvalue weighted by Crippen LogP contribution is -2.12. The highest BCUT2D eigenvalue weighted by atomic mass is 32.2. The van der Waals surface area contributed by atoms with Gasteiger partial charge in [-0.15, -0.1) is 0 Å². The maximum absolute atomic E-state index is 11.1. The Hall–Kier alpha value is -0.420. The maximum Gasteiger partial charge on any atom is 0.305 e. The van der Waals surface area contributed by atoms with Gasteiger partial charge in [0.15, 0.2) is 11.1 Å². The van der Waals surface area contributed by atoms with Crippen LogP contribution in [-0.2, 0) is 20.6 Å². The van der Waals surface area contributed by atoms with Crippen molar-refractivity contribution in [1.82, 2.24) is 0 Å².